The van der Waals surface area contributed by atoms with Crippen molar-refractivity contribution in [3.8, 4) is 0 Å². The van der Waals surface area contributed by atoms with Gasteiger partial charge in [-0.3, -0.25) is 4.99 Å². The van der Waals surface area contributed by atoms with Crippen molar-refractivity contribution < 1.29 is 13.2 Å². The minimum atomic E-state index is -3.31. The van der Waals surface area contributed by atoms with Gasteiger partial charge in [0.05, 0.1) is 11.9 Å². The average molecular weight is 535 g/mol. The zero-order valence-electron chi connectivity index (χ0n) is 16.4. The molecule has 27 heavy (non-hydrogen) atoms. The second-order valence-corrected chi connectivity index (χ2v) is 10.4. The van der Waals surface area contributed by atoms with Crippen LogP contribution >= 0.6 is 35.7 Å². The molecule has 7 nitrogen and oxygen atoms in total. The van der Waals surface area contributed by atoms with E-state index in [4.69, 9.17) is 4.74 Å². The Kier molecular flexibility index (Phi) is 12.6. The highest BCUT2D eigenvalue weighted by Gasteiger charge is 2.25. The summed E-state index contributed by atoms with van der Waals surface area (Å²) in [6, 6.07) is 0.420. The molecule has 2 aliphatic rings. The zero-order valence-corrected chi connectivity index (χ0v) is 20.4. The Morgan fingerprint density at radius 1 is 1.26 bits per heavy atom. The van der Waals surface area contributed by atoms with Crippen LogP contribution in [-0.2, 0) is 14.8 Å². The number of nitrogens with zero attached hydrogens (tertiary/aromatic N) is 1. The maximum atomic E-state index is 12.1. The van der Waals surface area contributed by atoms with Crippen molar-refractivity contribution >= 4 is 51.7 Å². The molecule has 160 valence electrons. The van der Waals surface area contributed by atoms with Crippen molar-refractivity contribution in [2.24, 2.45) is 4.99 Å². The van der Waals surface area contributed by atoms with Crippen LogP contribution in [0.5, 0.6) is 0 Å². The van der Waals surface area contributed by atoms with Gasteiger partial charge < -0.3 is 15.4 Å². The molecular formula is C17H35IN4O3S2. The molecule has 10 heteroatoms. The second kappa shape index (κ2) is 13.4. The first-order chi connectivity index (χ1) is 12.5. The summed E-state index contributed by atoms with van der Waals surface area (Å²) in [5.74, 6) is 1.86. The standard InChI is InChI=1S/C17H34N4O3S2.HI/c1-3-25-16-8-7-14(12-16)21-17(18-2)19-9-11-26(22,23)20-13-15-6-4-5-10-24-15;/h14-16,20H,3-13H2,1-2H3,(H2,18,19,21);1H. The predicted molar refractivity (Wildman–Crippen MR) is 125 cm³/mol. The number of hydrogen-bond acceptors (Lipinski definition) is 5. The maximum absolute atomic E-state index is 12.1. The maximum Gasteiger partial charge on any atom is 0.213 e. The van der Waals surface area contributed by atoms with Gasteiger partial charge in [0, 0.05) is 38.0 Å². The number of hydrogen-bond donors (Lipinski definition) is 3. The second-order valence-electron chi connectivity index (χ2n) is 6.89. The van der Waals surface area contributed by atoms with Crippen LogP contribution in [0, 0.1) is 0 Å². The molecule has 0 aromatic carbocycles. The first-order valence-electron chi connectivity index (χ1n) is 9.70. The predicted octanol–water partition coefficient (Wildman–Crippen LogP) is 1.93. The van der Waals surface area contributed by atoms with Crippen LogP contribution in [0.15, 0.2) is 4.99 Å². The monoisotopic (exact) mass is 534 g/mol. The number of aliphatic imine (C=N–C) groups is 1. The number of guanidine groups is 1. The third kappa shape index (κ3) is 10.00. The molecule has 1 aliphatic heterocycles. The molecule has 0 radical (unpaired) electrons. The minimum Gasteiger partial charge on any atom is -0.377 e. The van der Waals surface area contributed by atoms with Gasteiger partial charge in [-0.15, -0.1) is 24.0 Å². The highest BCUT2D eigenvalue weighted by atomic mass is 127. The van der Waals surface area contributed by atoms with Crippen LogP contribution in [0.4, 0.5) is 0 Å². The van der Waals surface area contributed by atoms with Gasteiger partial charge >= 0.3 is 0 Å². The molecule has 2 rings (SSSR count). The summed E-state index contributed by atoms with van der Waals surface area (Å²) in [5.41, 5.74) is 0. The molecule has 2 fully saturated rings. The Hall–Kier alpha value is 0.220. The van der Waals surface area contributed by atoms with E-state index < -0.39 is 10.0 Å². The molecule has 0 amide bonds. The lowest BCUT2D eigenvalue weighted by Gasteiger charge is -2.22. The normalized spacial score (nSPS) is 26.4. The zero-order chi connectivity index (χ0) is 18.8. The molecule has 0 aromatic heterocycles. The van der Waals surface area contributed by atoms with Gasteiger partial charge in [-0.1, -0.05) is 6.92 Å². The lowest BCUT2D eigenvalue weighted by atomic mass is 10.1. The summed E-state index contributed by atoms with van der Waals surface area (Å²) in [5, 5.41) is 7.26. The fourth-order valence-corrected chi connectivity index (χ4v) is 5.51. The van der Waals surface area contributed by atoms with Gasteiger partial charge in [-0.2, -0.15) is 11.8 Å². The average Bonchev–Trinajstić information content (AvgIpc) is 3.07. The largest absolute Gasteiger partial charge is 0.377 e. The van der Waals surface area contributed by atoms with Gasteiger partial charge in [-0.05, 0) is 44.3 Å². The number of rotatable bonds is 9. The fourth-order valence-electron chi connectivity index (χ4n) is 3.41. The number of sulfonamides is 1. The van der Waals surface area contributed by atoms with E-state index in [1.807, 2.05) is 11.8 Å². The fraction of sp³-hybridized carbons (Fsp3) is 0.941. The van der Waals surface area contributed by atoms with Crippen molar-refractivity contribution in [2.45, 2.75) is 62.8 Å². The van der Waals surface area contributed by atoms with Gasteiger partial charge in [0.1, 0.15) is 0 Å². The van der Waals surface area contributed by atoms with E-state index in [-0.39, 0.29) is 35.8 Å². The molecule has 0 aromatic rings. The summed E-state index contributed by atoms with van der Waals surface area (Å²) in [7, 11) is -1.59. The molecule has 0 bridgehead atoms. The highest BCUT2D eigenvalue weighted by Crippen LogP contribution is 2.29. The van der Waals surface area contributed by atoms with E-state index >= 15 is 0 Å². The first kappa shape index (κ1) is 25.3. The Labute approximate surface area is 185 Å². The van der Waals surface area contributed by atoms with Crippen LogP contribution in [0.3, 0.4) is 0 Å². The molecule has 0 spiro atoms. The summed E-state index contributed by atoms with van der Waals surface area (Å²) in [4.78, 5) is 4.21. The smallest absolute Gasteiger partial charge is 0.213 e. The SMILES string of the molecule is CCSC1CCC(NC(=NC)NCCS(=O)(=O)NCC2CCCCO2)C1.I. The quantitative estimate of drug-likeness (QED) is 0.238. The van der Waals surface area contributed by atoms with Crippen molar-refractivity contribution in [3.05, 3.63) is 0 Å². The molecule has 1 saturated carbocycles. The lowest BCUT2D eigenvalue weighted by molar-refractivity contribution is 0.0200. The summed E-state index contributed by atoms with van der Waals surface area (Å²) in [6.07, 6.45) is 6.62. The topological polar surface area (TPSA) is 91.8 Å². The van der Waals surface area contributed by atoms with E-state index in [0.717, 1.165) is 49.7 Å². The van der Waals surface area contributed by atoms with E-state index in [1.54, 1.807) is 7.05 Å². The molecule has 3 N–H and O–H groups in total. The van der Waals surface area contributed by atoms with Crippen molar-refractivity contribution in [1.82, 2.24) is 15.4 Å². The third-order valence-corrected chi connectivity index (χ3v) is 7.40. The van der Waals surface area contributed by atoms with Crippen molar-refractivity contribution in [3.63, 3.8) is 0 Å². The van der Waals surface area contributed by atoms with E-state index in [9.17, 15) is 8.42 Å². The van der Waals surface area contributed by atoms with E-state index in [2.05, 4.69) is 27.3 Å². The van der Waals surface area contributed by atoms with E-state index in [1.165, 1.54) is 6.42 Å². The Bertz CT molecular complexity index is 542. The van der Waals surface area contributed by atoms with Crippen molar-refractivity contribution in [1.29, 1.82) is 0 Å². The molecule has 1 aliphatic carbocycles. The lowest BCUT2D eigenvalue weighted by Crippen LogP contribution is -2.45. The minimum absolute atomic E-state index is 0. The molecular weight excluding hydrogens is 499 g/mol. The third-order valence-electron chi connectivity index (χ3n) is 4.82. The van der Waals surface area contributed by atoms with Gasteiger partial charge in [0.25, 0.3) is 0 Å². The highest BCUT2D eigenvalue weighted by molar-refractivity contribution is 14.0. The van der Waals surface area contributed by atoms with Crippen LogP contribution < -0.4 is 15.4 Å². The molecule has 3 atom stereocenters. The summed E-state index contributed by atoms with van der Waals surface area (Å²) >= 11 is 2.02. The molecule has 1 heterocycles. The number of thioether (sulfide) groups is 1. The van der Waals surface area contributed by atoms with Gasteiger partial charge in [0.2, 0.25) is 10.0 Å². The molecule has 1 saturated heterocycles. The van der Waals surface area contributed by atoms with Crippen LogP contribution in [-0.4, -0.2) is 70.0 Å². The Balaban J connectivity index is 0.00000364. The van der Waals surface area contributed by atoms with Gasteiger partial charge in [0.15, 0.2) is 5.96 Å². The van der Waals surface area contributed by atoms with Gasteiger partial charge in [-0.25, -0.2) is 13.1 Å². The number of ether oxygens (including phenoxy) is 1. The number of nitrogens with one attached hydrogen (secondary N) is 3. The first-order valence-corrected chi connectivity index (χ1v) is 12.4. The number of halogens is 1. The van der Waals surface area contributed by atoms with E-state index in [0.29, 0.717) is 25.1 Å². The summed E-state index contributed by atoms with van der Waals surface area (Å²) < 4.78 is 32.5. The Morgan fingerprint density at radius 3 is 2.74 bits per heavy atom. The summed E-state index contributed by atoms with van der Waals surface area (Å²) in [6.45, 7) is 3.63. The van der Waals surface area contributed by atoms with Crippen LogP contribution in [0.2, 0.25) is 0 Å². The van der Waals surface area contributed by atoms with Crippen LogP contribution in [0.1, 0.15) is 45.4 Å². The molecule has 3 unspecified atom stereocenters. The van der Waals surface area contributed by atoms with Crippen LogP contribution in [0.25, 0.3) is 0 Å². The Morgan fingerprint density at radius 2 is 2.07 bits per heavy atom. The van der Waals surface area contributed by atoms with Crippen molar-refractivity contribution in [2.75, 3.05) is 38.2 Å².